The Morgan fingerprint density at radius 3 is 2.88 bits per heavy atom. The first kappa shape index (κ1) is 15.8. The van der Waals surface area contributed by atoms with Gasteiger partial charge in [0.25, 0.3) is 0 Å². The number of urea groups is 1. The largest absolute Gasteiger partial charge is 0.381 e. The second kappa shape index (κ2) is 6.28. The van der Waals surface area contributed by atoms with Gasteiger partial charge < -0.3 is 20.3 Å². The highest BCUT2D eigenvalue weighted by Crippen LogP contribution is 2.58. The minimum Gasteiger partial charge on any atom is -0.381 e. The molecule has 2 N–H and O–H groups in total. The summed E-state index contributed by atoms with van der Waals surface area (Å²) in [5, 5.41) is 6.65. The fourth-order valence-electron chi connectivity index (χ4n) is 4.50. The van der Waals surface area contributed by atoms with Crippen molar-refractivity contribution < 1.29 is 9.53 Å². The lowest BCUT2D eigenvalue weighted by Crippen LogP contribution is -2.64. The van der Waals surface area contributed by atoms with Gasteiger partial charge in [-0.25, -0.2) is 4.79 Å². The van der Waals surface area contributed by atoms with Crippen LogP contribution in [0.5, 0.6) is 0 Å². The van der Waals surface area contributed by atoms with Gasteiger partial charge in [-0.1, -0.05) is 24.6 Å². The number of nitrogens with one attached hydrogen (secondary N) is 2. The minimum atomic E-state index is 0.0420. The Kier molecular flexibility index (Phi) is 4.12. The summed E-state index contributed by atoms with van der Waals surface area (Å²) < 4.78 is 5.95. The van der Waals surface area contributed by atoms with Gasteiger partial charge in [0.2, 0.25) is 0 Å². The molecule has 0 bridgehead atoms. The average molecular weight is 329 g/mol. The number of carbonyl (C=O) groups excluding carboxylic acids is 1. The SMILES string of the molecule is CCO[C@@H]1C[C@@H](Nc2ccccc2CN2CCNC2=O)C12CCC2. The minimum absolute atomic E-state index is 0.0420. The molecule has 1 aromatic carbocycles. The molecule has 3 aliphatic rings. The molecule has 1 spiro atoms. The molecule has 4 rings (SSSR count). The maximum atomic E-state index is 11.8. The smallest absolute Gasteiger partial charge is 0.317 e. The predicted octanol–water partition coefficient (Wildman–Crippen LogP) is 2.97. The van der Waals surface area contributed by atoms with E-state index < -0.39 is 0 Å². The van der Waals surface area contributed by atoms with Crippen LogP contribution in [0.4, 0.5) is 10.5 Å². The number of hydrogen-bond donors (Lipinski definition) is 2. The van der Waals surface area contributed by atoms with Gasteiger partial charge >= 0.3 is 6.03 Å². The van der Waals surface area contributed by atoms with Gasteiger partial charge in [0.15, 0.2) is 0 Å². The Morgan fingerprint density at radius 2 is 2.21 bits per heavy atom. The highest BCUT2D eigenvalue weighted by molar-refractivity contribution is 5.76. The van der Waals surface area contributed by atoms with Gasteiger partial charge in [-0.3, -0.25) is 0 Å². The number of hydrogen-bond acceptors (Lipinski definition) is 3. The van der Waals surface area contributed by atoms with Gasteiger partial charge in [-0.2, -0.15) is 0 Å². The van der Waals surface area contributed by atoms with Crippen molar-refractivity contribution in [2.24, 2.45) is 5.41 Å². The van der Waals surface area contributed by atoms with Crippen LogP contribution in [-0.4, -0.2) is 42.8 Å². The summed E-state index contributed by atoms with van der Waals surface area (Å²) in [6, 6.07) is 8.93. The molecule has 1 heterocycles. The second-order valence-electron chi connectivity index (χ2n) is 7.27. The van der Waals surface area contributed by atoms with E-state index in [2.05, 4.69) is 41.8 Å². The van der Waals surface area contributed by atoms with Crippen molar-refractivity contribution in [2.45, 2.75) is 51.3 Å². The molecule has 1 saturated heterocycles. The van der Waals surface area contributed by atoms with Gasteiger partial charge in [-0.05, 0) is 37.8 Å². The molecule has 3 fully saturated rings. The molecule has 2 saturated carbocycles. The van der Waals surface area contributed by atoms with Crippen molar-refractivity contribution in [2.75, 3.05) is 25.0 Å². The zero-order valence-corrected chi connectivity index (χ0v) is 14.4. The first-order chi connectivity index (χ1) is 11.7. The zero-order valence-electron chi connectivity index (χ0n) is 14.4. The van der Waals surface area contributed by atoms with Crippen molar-refractivity contribution in [3.8, 4) is 0 Å². The number of nitrogens with zero attached hydrogens (tertiary/aromatic N) is 1. The number of anilines is 1. The van der Waals surface area contributed by atoms with Crippen molar-refractivity contribution in [3.05, 3.63) is 29.8 Å². The quantitative estimate of drug-likeness (QED) is 0.844. The van der Waals surface area contributed by atoms with Crippen LogP contribution in [0.15, 0.2) is 24.3 Å². The average Bonchev–Trinajstić information content (AvgIpc) is 2.91. The molecule has 2 aliphatic carbocycles. The summed E-state index contributed by atoms with van der Waals surface area (Å²) in [5.74, 6) is 0. The Labute approximate surface area is 143 Å². The molecule has 130 valence electrons. The lowest BCUT2D eigenvalue weighted by molar-refractivity contribution is -0.157. The Bertz CT molecular complexity index is 614. The first-order valence-corrected chi connectivity index (χ1v) is 9.22. The maximum absolute atomic E-state index is 11.8. The zero-order chi connectivity index (χ0) is 16.6. The van der Waals surface area contributed by atoms with Gasteiger partial charge in [-0.15, -0.1) is 0 Å². The molecule has 24 heavy (non-hydrogen) atoms. The van der Waals surface area contributed by atoms with Crippen LogP contribution >= 0.6 is 0 Å². The summed E-state index contributed by atoms with van der Waals surface area (Å²) in [4.78, 5) is 13.7. The van der Waals surface area contributed by atoms with E-state index in [1.54, 1.807) is 0 Å². The van der Waals surface area contributed by atoms with Crippen LogP contribution in [-0.2, 0) is 11.3 Å². The number of para-hydroxylation sites is 1. The third-order valence-corrected chi connectivity index (χ3v) is 6.09. The molecule has 1 aliphatic heterocycles. The van der Waals surface area contributed by atoms with Crippen LogP contribution < -0.4 is 10.6 Å². The van der Waals surface area contributed by atoms with Crippen LogP contribution in [0.1, 0.15) is 38.2 Å². The molecule has 0 radical (unpaired) electrons. The van der Waals surface area contributed by atoms with E-state index in [1.807, 2.05) is 4.90 Å². The Balaban J connectivity index is 1.46. The topological polar surface area (TPSA) is 53.6 Å². The second-order valence-corrected chi connectivity index (χ2v) is 7.27. The van der Waals surface area contributed by atoms with E-state index in [-0.39, 0.29) is 6.03 Å². The monoisotopic (exact) mass is 329 g/mol. The van der Waals surface area contributed by atoms with Crippen LogP contribution in [0.2, 0.25) is 0 Å². The molecular formula is C19H27N3O2. The molecule has 1 aromatic rings. The number of carbonyl (C=O) groups is 1. The van der Waals surface area contributed by atoms with Crippen molar-refractivity contribution in [1.29, 1.82) is 0 Å². The summed E-state index contributed by atoms with van der Waals surface area (Å²) in [5.41, 5.74) is 2.71. The third kappa shape index (κ3) is 2.55. The van der Waals surface area contributed by atoms with Crippen LogP contribution in [0, 0.1) is 5.41 Å². The summed E-state index contributed by atoms with van der Waals surface area (Å²) in [6.45, 7) is 5.09. The van der Waals surface area contributed by atoms with Crippen molar-refractivity contribution in [1.82, 2.24) is 10.2 Å². The van der Waals surface area contributed by atoms with Gasteiger partial charge in [0, 0.05) is 43.4 Å². The molecule has 0 aromatic heterocycles. The Morgan fingerprint density at radius 1 is 1.38 bits per heavy atom. The normalized spacial score (nSPS) is 27.5. The van der Waals surface area contributed by atoms with Crippen molar-refractivity contribution >= 4 is 11.7 Å². The van der Waals surface area contributed by atoms with E-state index >= 15 is 0 Å². The van der Waals surface area contributed by atoms with E-state index in [0.29, 0.717) is 24.1 Å². The lowest BCUT2D eigenvalue weighted by Gasteiger charge is -2.61. The Hall–Kier alpha value is -1.75. The van der Waals surface area contributed by atoms with Crippen LogP contribution in [0.25, 0.3) is 0 Å². The van der Waals surface area contributed by atoms with E-state index in [1.165, 1.54) is 30.5 Å². The highest BCUT2D eigenvalue weighted by Gasteiger charge is 2.58. The van der Waals surface area contributed by atoms with E-state index in [0.717, 1.165) is 26.1 Å². The van der Waals surface area contributed by atoms with E-state index in [9.17, 15) is 4.79 Å². The first-order valence-electron chi connectivity index (χ1n) is 9.22. The van der Waals surface area contributed by atoms with Gasteiger partial charge in [0.1, 0.15) is 0 Å². The lowest BCUT2D eigenvalue weighted by atomic mass is 9.51. The molecule has 5 heteroatoms. The maximum Gasteiger partial charge on any atom is 0.317 e. The number of benzene rings is 1. The summed E-state index contributed by atoms with van der Waals surface area (Å²) >= 11 is 0. The van der Waals surface area contributed by atoms with Gasteiger partial charge in [0.05, 0.1) is 6.10 Å². The van der Waals surface area contributed by atoms with Crippen molar-refractivity contribution in [3.63, 3.8) is 0 Å². The molecule has 2 amide bonds. The highest BCUT2D eigenvalue weighted by atomic mass is 16.5. The fraction of sp³-hybridized carbons (Fsp3) is 0.632. The molecular weight excluding hydrogens is 302 g/mol. The summed E-state index contributed by atoms with van der Waals surface area (Å²) in [7, 11) is 0. The fourth-order valence-corrected chi connectivity index (χ4v) is 4.50. The standard InChI is InChI=1S/C19H27N3O2/c1-2-24-17-12-16(19(17)8-5-9-19)21-15-7-4-3-6-14(15)13-22-11-10-20-18(22)23/h3-4,6-7,16-17,21H,2,5,8-13H2,1H3,(H,20,23)/t16-,17-/m1/s1. The van der Waals surface area contributed by atoms with E-state index in [4.69, 9.17) is 4.74 Å². The number of rotatable bonds is 6. The van der Waals surface area contributed by atoms with Crippen LogP contribution in [0.3, 0.4) is 0 Å². The summed E-state index contributed by atoms with van der Waals surface area (Å²) in [6.07, 6.45) is 5.37. The number of amides is 2. The predicted molar refractivity (Wildman–Crippen MR) is 94.0 cm³/mol. The molecule has 5 nitrogen and oxygen atoms in total. The third-order valence-electron chi connectivity index (χ3n) is 6.09. The molecule has 0 unspecified atom stereocenters. The number of ether oxygens (including phenoxy) is 1. The molecule has 2 atom stereocenters.